The number of fused-ring (bicyclic) bond motifs is 1. The Morgan fingerprint density at radius 3 is 2.75 bits per heavy atom. The molecule has 1 aliphatic heterocycles. The van der Waals surface area contributed by atoms with Crippen molar-refractivity contribution in [2.24, 2.45) is 0 Å². The van der Waals surface area contributed by atoms with Crippen molar-refractivity contribution in [2.45, 2.75) is 6.10 Å². The molecule has 0 bridgehead atoms. The molecule has 1 unspecified atom stereocenters. The average molecular weight is 427 g/mol. The lowest BCUT2D eigenvalue weighted by molar-refractivity contribution is 0.0277. The van der Waals surface area contributed by atoms with Crippen LogP contribution in [0.3, 0.4) is 0 Å². The molecule has 2 aromatic carbocycles. The van der Waals surface area contributed by atoms with Crippen molar-refractivity contribution in [1.29, 1.82) is 0 Å². The second-order valence-electron chi connectivity index (χ2n) is 7.51. The van der Waals surface area contributed by atoms with Crippen LogP contribution in [0.15, 0.2) is 67.1 Å². The van der Waals surface area contributed by atoms with E-state index in [1.807, 2.05) is 48.5 Å². The third-order valence-electron chi connectivity index (χ3n) is 5.40. The summed E-state index contributed by atoms with van der Waals surface area (Å²) in [6.07, 6.45) is 4.83. The zero-order chi connectivity index (χ0) is 21.9. The second kappa shape index (κ2) is 8.70. The minimum atomic E-state index is -1.08. The van der Waals surface area contributed by atoms with Crippen LogP contribution in [0, 0.1) is 0 Å². The predicted molar refractivity (Wildman–Crippen MR) is 121 cm³/mol. The molecule has 160 valence electrons. The van der Waals surface area contributed by atoms with Crippen molar-refractivity contribution in [1.82, 2.24) is 20.3 Å². The largest absolute Gasteiger partial charge is 0.478 e. The molecule has 1 saturated heterocycles. The standard InChI is InChI=1S/C24H21N5O3/c30-23(31)20-13-27-24(28-19-5-3-16(4-6-19)21-14-26-9-10-32-21)29-22(20)17-2-1-15-7-8-25-12-18(15)11-17/h1-8,11-13,21,26H,9-10,14H2,(H,30,31)(H,27,28,29). The summed E-state index contributed by atoms with van der Waals surface area (Å²) in [5.74, 6) is -0.761. The van der Waals surface area contributed by atoms with Crippen LogP contribution in [0.1, 0.15) is 22.0 Å². The number of hydrogen-bond acceptors (Lipinski definition) is 7. The van der Waals surface area contributed by atoms with E-state index in [1.54, 1.807) is 12.4 Å². The first-order chi connectivity index (χ1) is 15.7. The van der Waals surface area contributed by atoms with Crippen molar-refractivity contribution >= 4 is 28.4 Å². The van der Waals surface area contributed by atoms with Gasteiger partial charge in [-0.25, -0.2) is 14.8 Å². The number of carbonyl (C=O) groups is 1. The van der Waals surface area contributed by atoms with Gasteiger partial charge in [0.05, 0.1) is 18.4 Å². The number of rotatable bonds is 5. The van der Waals surface area contributed by atoms with Gasteiger partial charge in [-0.1, -0.05) is 24.3 Å². The van der Waals surface area contributed by atoms with Gasteiger partial charge in [0.1, 0.15) is 5.56 Å². The first-order valence-corrected chi connectivity index (χ1v) is 10.3. The molecule has 2 aromatic heterocycles. The molecule has 8 heteroatoms. The van der Waals surface area contributed by atoms with Crippen molar-refractivity contribution in [3.63, 3.8) is 0 Å². The maximum Gasteiger partial charge on any atom is 0.339 e. The summed E-state index contributed by atoms with van der Waals surface area (Å²) in [6.45, 7) is 2.36. The summed E-state index contributed by atoms with van der Waals surface area (Å²) in [5.41, 5.74) is 2.96. The number of aromatic carboxylic acids is 1. The highest BCUT2D eigenvalue weighted by atomic mass is 16.5. The Bertz CT molecular complexity index is 1270. The van der Waals surface area contributed by atoms with Gasteiger partial charge in [-0.05, 0) is 35.2 Å². The molecule has 0 saturated carbocycles. The molecule has 0 amide bonds. The number of carboxylic acids is 1. The van der Waals surface area contributed by atoms with Crippen molar-refractivity contribution in [3.05, 3.63) is 78.2 Å². The average Bonchev–Trinajstić information content (AvgIpc) is 2.84. The normalized spacial score (nSPS) is 16.1. The maximum absolute atomic E-state index is 11.8. The molecule has 0 radical (unpaired) electrons. The van der Waals surface area contributed by atoms with Gasteiger partial charge in [-0.15, -0.1) is 0 Å². The molecule has 3 N–H and O–H groups in total. The van der Waals surface area contributed by atoms with E-state index in [-0.39, 0.29) is 11.7 Å². The number of carboxylic acid groups (broad SMARTS) is 1. The Morgan fingerprint density at radius 2 is 1.97 bits per heavy atom. The van der Waals surface area contributed by atoms with Crippen molar-refractivity contribution in [3.8, 4) is 11.3 Å². The summed E-state index contributed by atoms with van der Waals surface area (Å²) in [7, 11) is 0. The summed E-state index contributed by atoms with van der Waals surface area (Å²) >= 11 is 0. The fraction of sp³-hybridized carbons (Fsp3) is 0.167. The molecular formula is C24H21N5O3. The van der Waals surface area contributed by atoms with E-state index < -0.39 is 5.97 Å². The van der Waals surface area contributed by atoms with Gasteiger partial charge in [0, 0.05) is 48.3 Å². The molecule has 3 heterocycles. The Kier molecular flexibility index (Phi) is 5.45. The van der Waals surface area contributed by atoms with Crippen LogP contribution in [-0.4, -0.2) is 45.7 Å². The lowest BCUT2D eigenvalue weighted by Gasteiger charge is -2.24. The van der Waals surface area contributed by atoms with E-state index in [0.717, 1.165) is 35.1 Å². The number of anilines is 2. The SMILES string of the molecule is O=C(O)c1cnc(Nc2ccc(C3CNCCO3)cc2)nc1-c1ccc2ccncc2c1. The molecule has 4 aromatic rings. The van der Waals surface area contributed by atoms with Gasteiger partial charge < -0.3 is 20.5 Å². The summed E-state index contributed by atoms with van der Waals surface area (Å²) < 4.78 is 5.79. The molecule has 0 aliphatic carbocycles. The second-order valence-corrected chi connectivity index (χ2v) is 7.51. The van der Waals surface area contributed by atoms with E-state index >= 15 is 0 Å². The first-order valence-electron chi connectivity index (χ1n) is 10.3. The molecule has 1 fully saturated rings. The maximum atomic E-state index is 11.8. The minimum absolute atomic E-state index is 0.0380. The van der Waals surface area contributed by atoms with E-state index in [1.165, 1.54) is 6.20 Å². The van der Waals surface area contributed by atoms with Gasteiger partial charge in [-0.3, -0.25) is 4.98 Å². The van der Waals surface area contributed by atoms with Crippen LogP contribution >= 0.6 is 0 Å². The van der Waals surface area contributed by atoms with Crippen molar-refractivity contribution in [2.75, 3.05) is 25.0 Å². The van der Waals surface area contributed by atoms with Gasteiger partial charge >= 0.3 is 5.97 Å². The smallest absolute Gasteiger partial charge is 0.339 e. The monoisotopic (exact) mass is 427 g/mol. The van der Waals surface area contributed by atoms with Gasteiger partial charge in [0.25, 0.3) is 0 Å². The topological polar surface area (TPSA) is 109 Å². The number of morpholine rings is 1. The quantitative estimate of drug-likeness (QED) is 0.441. The first kappa shape index (κ1) is 20.0. The molecule has 5 rings (SSSR count). The van der Waals surface area contributed by atoms with E-state index in [9.17, 15) is 9.90 Å². The lowest BCUT2D eigenvalue weighted by Crippen LogP contribution is -2.33. The molecular weight excluding hydrogens is 406 g/mol. The third kappa shape index (κ3) is 4.14. The van der Waals surface area contributed by atoms with Gasteiger partial charge in [0.2, 0.25) is 5.95 Å². The zero-order valence-electron chi connectivity index (χ0n) is 17.2. The predicted octanol–water partition coefficient (Wildman–Crippen LogP) is 3.79. The Morgan fingerprint density at radius 1 is 1.09 bits per heavy atom. The van der Waals surface area contributed by atoms with E-state index in [2.05, 4.69) is 25.6 Å². The molecule has 32 heavy (non-hydrogen) atoms. The van der Waals surface area contributed by atoms with Crippen LogP contribution in [0.2, 0.25) is 0 Å². The highest BCUT2D eigenvalue weighted by Gasteiger charge is 2.17. The molecule has 8 nitrogen and oxygen atoms in total. The number of hydrogen-bond donors (Lipinski definition) is 3. The van der Waals surface area contributed by atoms with Crippen molar-refractivity contribution < 1.29 is 14.6 Å². The van der Waals surface area contributed by atoms with Crippen LogP contribution < -0.4 is 10.6 Å². The number of pyridine rings is 1. The Labute approximate surface area is 184 Å². The Balaban J connectivity index is 1.44. The van der Waals surface area contributed by atoms with Gasteiger partial charge in [-0.2, -0.15) is 0 Å². The number of nitrogens with one attached hydrogen (secondary N) is 2. The third-order valence-corrected chi connectivity index (χ3v) is 5.40. The Hall–Kier alpha value is -3.88. The summed E-state index contributed by atoms with van der Waals surface area (Å²) in [5, 5.41) is 18.1. The van der Waals surface area contributed by atoms with Crippen LogP contribution in [0.5, 0.6) is 0 Å². The van der Waals surface area contributed by atoms with E-state index in [4.69, 9.17) is 4.74 Å². The van der Waals surface area contributed by atoms with Crippen LogP contribution in [0.4, 0.5) is 11.6 Å². The highest BCUT2D eigenvalue weighted by Crippen LogP contribution is 2.27. The summed E-state index contributed by atoms with van der Waals surface area (Å²) in [4.78, 5) is 24.7. The number of benzene rings is 2. The number of nitrogens with zero attached hydrogens (tertiary/aromatic N) is 3. The number of aromatic nitrogens is 3. The van der Waals surface area contributed by atoms with E-state index in [0.29, 0.717) is 23.8 Å². The number of ether oxygens (including phenoxy) is 1. The lowest BCUT2D eigenvalue weighted by atomic mass is 10.0. The highest BCUT2D eigenvalue weighted by molar-refractivity contribution is 5.96. The fourth-order valence-electron chi connectivity index (χ4n) is 3.74. The molecule has 1 atom stereocenters. The molecule has 0 spiro atoms. The summed E-state index contributed by atoms with van der Waals surface area (Å²) in [6, 6.07) is 15.4. The molecule has 1 aliphatic rings. The minimum Gasteiger partial charge on any atom is -0.478 e. The van der Waals surface area contributed by atoms with Crippen LogP contribution in [-0.2, 0) is 4.74 Å². The van der Waals surface area contributed by atoms with Crippen LogP contribution in [0.25, 0.3) is 22.0 Å². The fourth-order valence-corrected chi connectivity index (χ4v) is 3.74. The van der Waals surface area contributed by atoms with Gasteiger partial charge in [0.15, 0.2) is 0 Å². The zero-order valence-corrected chi connectivity index (χ0v) is 17.2.